The molecule has 1 saturated heterocycles. The molecular weight excluding hydrogens is 238 g/mol. The molecule has 7 heteroatoms. The molecule has 1 aromatic heterocycles. The highest BCUT2D eigenvalue weighted by Gasteiger charge is 2.23. The van der Waals surface area contributed by atoms with E-state index in [4.69, 9.17) is 14.5 Å². The van der Waals surface area contributed by atoms with Crippen LogP contribution in [0.25, 0.3) is 0 Å². The Kier molecular flexibility index (Phi) is 3.93. The van der Waals surface area contributed by atoms with Crippen LogP contribution in [0.5, 0.6) is 0 Å². The Morgan fingerprint density at radius 3 is 2.94 bits per heavy atom. The Hall–Kier alpha value is -1.89. The third-order valence-corrected chi connectivity index (χ3v) is 2.83. The highest BCUT2D eigenvalue weighted by atomic mass is 16.5. The number of likely N-dealkylation sites (tertiary alicyclic amines) is 1. The van der Waals surface area contributed by atoms with Crippen molar-refractivity contribution < 1.29 is 19.3 Å². The number of amides is 1. The van der Waals surface area contributed by atoms with Crippen LogP contribution in [0.1, 0.15) is 29.1 Å². The normalized spacial score (nSPS) is 15.8. The second-order valence-electron chi connectivity index (χ2n) is 4.07. The van der Waals surface area contributed by atoms with E-state index in [2.05, 4.69) is 10.3 Å². The number of oxime groups is 1. The van der Waals surface area contributed by atoms with E-state index in [0.29, 0.717) is 38.3 Å². The van der Waals surface area contributed by atoms with Gasteiger partial charge in [-0.25, -0.2) is 0 Å². The smallest absolute Gasteiger partial charge is 0.276 e. The van der Waals surface area contributed by atoms with Crippen LogP contribution in [0.4, 0.5) is 0 Å². The second-order valence-corrected chi connectivity index (χ2v) is 4.07. The second kappa shape index (κ2) is 5.63. The van der Waals surface area contributed by atoms with Crippen molar-refractivity contribution in [3.8, 4) is 0 Å². The lowest BCUT2D eigenvalue weighted by atomic mass is 10.1. The summed E-state index contributed by atoms with van der Waals surface area (Å²) in [5.74, 6) is 0.355. The van der Waals surface area contributed by atoms with Gasteiger partial charge in [0.15, 0.2) is 11.5 Å². The van der Waals surface area contributed by atoms with Crippen LogP contribution in [-0.2, 0) is 11.3 Å². The summed E-state index contributed by atoms with van der Waals surface area (Å²) in [5.41, 5.74) is 1.01. The van der Waals surface area contributed by atoms with Crippen molar-refractivity contribution in [3.63, 3.8) is 0 Å². The molecule has 1 aliphatic rings. The number of ether oxygens (including phenoxy) is 1. The van der Waals surface area contributed by atoms with Gasteiger partial charge in [-0.05, 0) is 0 Å². The molecule has 1 fully saturated rings. The summed E-state index contributed by atoms with van der Waals surface area (Å²) in [7, 11) is 1.55. The summed E-state index contributed by atoms with van der Waals surface area (Å²) in [6.07, 6.45) is 1.18. The van der Waals surface area contributed by atoms with E-state index in [1.807, 2.05) is 0 Å². The van der Waals surface area contributed by atoms with Crippen molar-refractivity contribution in [2.45, 2.75) is 19.4 Å². The zero-order chi connectivity index (χ0) is 13.0. The summed E-state index contributed by atoms with van der Waals surface area (Å²) in [5, 5.41) is 15.5. The fourth-order valence-electron chi connectivity index (χ4n) is 1.85. The van der Waals surface area contributed by atoms with Gasteiger partial charge in [0.1, 0.15) is 6.61 Å². The first-order valence-electron chi connectivity index (χ1n) is 5.68. The largest absolute Gasteiger partial charge is 0.411 e. The molecule has 0 aromatic carbocycles. The van der Waals surface area contributed by atoms with Crippen molar-refractivity contribution in [1.29, 1.82) is 0 Å². The van der Waals surface area contributed by atoms with Crippen LogP contribution in [-0.4, -0.2) is 47.1 Å². The topological polar surface area (TPSA) is 88.2 Å². The number of aromatic nitrogens is 1. The molecule has 1 aromatic rings. The molecule has 0 spiro atoms. The molecule has 0 unspecified atom stereocenters. The fourth-order valence-corrected chi connectivity index (χ4v) is 1.85. The van der Waals surface area contributed by atoms with Gasteiger partial charge in [0.05, 0.1) is 5.71 Å². The molecule has 7 nitrogen and oxygen atoms in total. The quantitative estimate of drug-likeness (QED) is 0.638. The maximum Gasteiger partial charge on any atom is 0.276 e. The van der Waals surface area contributed by atoms with Gasteiger partial charge in [-0.3, -0.25) is 4.79 Å². The molecule has 1 N–H and O–H groups in total. The van der Waals surface area contributed by atoms with Crippen LogP contribution in [0.15, 0.2) is 15.7 Å². The summed E-state index contributed by atoms with van der Waals surface area (Å²) in [4.78, 5) is 13.7. The molecule has 1 amide bonds. The van der Waals surface area contributed by atoms with E-state index in [1.165, 1.54) is 0 Å². The number of hydrogen-bond donors (Lipinski definition) is 1. The molecule has 2 heterocycles. The van der Waals surface area contributed by atoms with Crippen LogP contribution in [0.3, 0.4) is 0 Å². The molecule has 0 radical (unpaired) electrons. The summed E-state index contributed by atoms with van der Waals surface area (Å²) < 4.78 is 9.87. The third-order valence-electron chi connectivity index (χ3n) is 2.83. The van der Waals surface area contributed by atoms with Gasteiger partial charge in [-0.2, -0.15) is 0 Å². The number of hydrogen-bond acceptors (Lipinski definition) is 6. The number of methoxy groups -OCH3 is 1. The lowest BCUT2D eigenvalue weighted by Gasteiger charge is -2.26. The van der Waals surface area contributed by atoms with Crippen molar-refractivity contribution >= 4 is 11.6 Å². The van der Waals surface area contributed by atoms with E-state index in [1.54, 1.807) is 18.1 Å². The molecule has 0 bridgehead atoms. The van der Waals surface area contributed by atoms with E-state index < -0.39 is 0 Å². The average molecular weight is 253 g/mol. The van der Waals surface area contributed by atoms with Gasteiger partial charge in [0, 0.05) is 39.1 Å². The predicted molar refractivity (Wildman–Crippen MR) is 61.6 cm³/mol. The summed E-state index contributed by atoms with van der Waals surface area (Å²) in [6.45, 7) is 1.36. The monoisotopic (exact) mass is 253 g/mol. The molecule has 0 saturated carbocycles. The maximum absolute atomic E-state index is 12.1. The zero-order valence-corrected chi connectivity index (χ0v) is 10.1. The lowest BCUT2D eigenvalue weighted by Crippen LogP contribution is -2.38. The number of carbonyl (C=O) groups excluding carboxylic acids is 1. The van der Waals surface area contributed by atoms with Crippen LogP contribution in [0, 0.1) is 0 Å². The Morgan fingerprint density at radius 2 is 2.33 bits per heavy atom. The first kappa shape index (κ1) is 12.6. The van der Waals surface area contributed by atoms with E-state index >= 15 is 0 Å². The van der Waals surface area contributed by atoms with Crippen molar-refractivity contribution in [3.05, 3.63) is 17.5 Å². The molecule has 18 heavy (non-hydrogen) atoms. The van der Waals surface area contributed by atoms with E-state index in [-0.39, 0.29) is 11.6 Å². The average Bonchev–Trinajstić information content (AvgIpc) is 2.87. The number of rotatable bonds is 3. The predicted octanol–water partition coefficient (Wildman–Crippen LogP) is 0.887. The van der Waals surface area contributed by atoms with Crippen molar-refractivity contribution in [2.75, 3.05) is 20.2 Å². The minimum atomic E-state index is -0.168. The standard InChI is InChI=1S/C11H15N3O4/c1-17-7-9-6-10(13-18-9)11(15)14-4-2-8(12-16)3-5-14/h6,16H,2-5,7H2,1H3. The molecular formula is C11H15N3O4. The number of carbonyl (C=O) groups is 1. The maximum atomic E-state index is 12.1. The Morgan fingerprint density at radius 1 is 1.61 bits per heavy atom. The van der Waals surface area contributed by atoms with Gasteiger partial charge in [-0.15, -0.1) is 0 Å². The van der Waals surface area contributed by atoms with Crippen molar-refractivity contribution in [1.82, 2.24) is 10.1 Å². The van der Waals surface area contributed by atoms with Gasteiger partial charge < -0.3 is 19.4 Å². The Bertz CT molecular complexity index is 445. The van der Waals surface area contributed by atoms with Gasteiger partial charge >= 0.3 is 0 Å². The van der Waals surface area contributed by atoms with Crippen LogP contribution in [0.2, 0.25) is 0 Å². The van der Waals surface area contributed by atoms with E-state index in [0.717, 1.165) is 5.71 Å². The minimum Gasteiger partial charge on any atom is -0.411 e. The number of nitrogens with zero attached hydrogens (tertiary/aromatic N) is 3. The molecule has 2 rings (SSSR count). The first-order valence-corrected chi connectivity index (χ1v) is 5.68. The van der Waals surface area contributed by atoms with Gasteiger partial charge in [-0.1, -0.05) is 10.3 Å². The van der Waals surface area contributed by atoms with Crippen LogP contribution < -0.4 is 0 Å². The fraction of sp³-hybridized carbons (Fsp3) is 0.545. The van der Waals surface area contributed by atoms with E-state index in [9.17, 15) is 4.79 Å². The molecule has 0 atom stereocenters. The molecule has 1 aliphatic heterocycles. The first-order chi connectivity index (χ1) is 8.74. The van der Waals surface area contributed by atoms with Gasteiger partial charge in [0.25, 0.3) is 5.91 Å². The van der Waals surface area contributed by atoms with Gasteiger partial charge in [0.2, 0.25) is 0 Å². The Balaban J connectivity index is 1.98. The highest BCUT2D eigenvalue weighted by molar-refractivity contribution is 5.94. The third kappa shape index (κ3) is 2.67. The highest BCUT2D eigenvalue weighted by Crippen LogP contribution is 2.13. The summed E-state index contributed by atoms with van der Waals surface area (Å²) in [6, 6.07) is 1.58. The zero-order valence-electron chi connectivity index (χ0n) is 10.1. The SMILES string of the molecule is COCc1cc(C(=O)N2CCC(=NO)CC2)no1. The summed E-state index contributed by atoms with van der Waals surface area (Å²) >= 11 is 0. The van der Waals surface area contributed by atoms with Crippen LogP contribution >= 0.6 is 0 Å². The minimum absolute atomic E-state index is 0.168. The molecule has 0 aliphatic carbocycles. The van der Waals surface area contributed by atoms with Crippen molar-refractivity contribution in [2.24, 2.45) is 5.16 Å². The molecule has 98 valence electrons. The lowest BCUT2D eigenvalue weighted by molar-refractivity contribution is 0.0742. The number of piperidine rings is 1. The Labute approximate surface area is 104 Å².